The molecule has 78 valence electrons. The van der Waals surface area contributed by atoms with Crippen LogP contribution >= 0.6 is 11.6 Å². The zero-order chi connectivity index (χ0) is 10.3. The quantitative estimate of drug-likeness (QED) is 0.717. The van der Waals surface area contributed by atoms with Crippen LogP contribution in [0.3, 0.4) is 0 Å². The monoisotopic (exact) mass is 213 g/mol. The van der Waals surface area contributed by atoms with E-state index in [4.69, 9.17) is 11.6 Å². The maximum absolute atomic E-state index is 5.94. The largest absolute Gasteiger partial charge is 0.357 e. The van der Waals surface area contributed by atoms with E-state index in [0.717, 1.165) is 5.69 Å². The van der Waals surface area contributed by atoms with Crippen LogP contribution in [0, 0.1) is 6.92 Å². The molecule has 1 aliphatic carbocycles. The van der Waals surface area contributed by atoms with Crippen LogP contribution in [0.5, 0.6) is 0 Å². The van der Waals surface area contributed by atoms with E-state index >= 15 is 0 Å². The molecule has 0 bridgehead atoms. The number of aryl methyl sites for hydroxylation is 2. The lowest BCUT2D eigenvalue weighted by Crippen LogP contribution is -2.23. The maximum atomic E-state index is 5.94. The Balaban J connectivity index is 2.38. The van der Waals surface area contributed by atoms with Gasteiger partial charge >= 0.3 is 0 Å². The van der Waals surface area contributed by atoms with Crippen molar-refractivity contribution in [3.05, 3.63) is 11.3 Å². The molecule has 3 nitrogen and oxygen atoms in total. The maximum Gasteiger partial charge on any atom is 0.131 e. The van der Waals surface area contributed by atoms with Gasteiger partial charge < -0.3 is 4.90 Å². The van der Waals surface area contributed by atoms with E-state index in [1.807, 2.05) is 18.7 Å². The Labute approximate surface area is 89.7 Å². The van der Waals surface area contributed by atoms with Crippen LogP contribution in [0.4, 0.5) is 5.82 Å². The minimum Gasteiger partial charge on any atom is -0.357 e. The Bertz CT molecular complexity index is 341. The van der Waals surface area contributed by atoms with Gasteiger partial charge in [-0.2, -0.15) is 5.10 Å². The Morgan fingerprint density at radius 2 is 2.21 bits per heavy atom. The van der Waals surface area contributed by atoms with Gasteiger partial charge in [0, 0.05) is 25.7 Å². The predicted octanol–water partition coefficient (Wildman–Crippen LogP) is 2.07. The molecular weight excluding hydrogens is 198 g/mol. The highest BCUT2D eigenvalue weighted by Gasteiger charge is 2.30. The number of hydrogen-bond acceptors (Lipinski definition) is 2. The molecule has 1 aromatic heterocycles. The van der Waals surface area contributed by atoms with Crippen molar-refractivity contribution in [2.24, 2.45) is 7.05 Å². The fourth-order valence-corrected chi connectivity index (χ4v) is 2.24. The number of halogens is 1. The van der Waals surface area contributed by atoms with Crippen LogP contribution in [0.2, 0.25) is 0 Å². The van der Waals surface area contributed by atoms with Gasteiger partial charge in [0.05, 0.1) is 11.6 Å². The molecule has 0 aliphatic heterocycles. The first-order chi connectivity index (χ1) is 6.65. The predicted molar refractivity (Wildman–Crippen MR) is 58.9 cm³/mol. The third-order valence-corrected chi connectivity index (χ3v) is 3.14. The second kappa shape index (κ2) is 3.46. The lowest BCUT2D eigenvalue weighted by Gasteiger charge is -2.19. The molecule has 4 heteroatoms. The molecule has 0 saturated heterocycles. The summed E-state index contributed by atoms with van der Waals surface area (Å²) in [6, 6.07) is 0.701. The van der Waals surface area contributed by atoms with Crippen molar-refractivity contribution in [2.75, 3.05) is 11.9 Å². The van der Waals surface area contributed by atoms with Gasteiger partial charge in [0.2, 0.25) is 0 Å². The zero-order valence-corrected chi connectivity index (χ0v) is 9.67. The van der Waals surface area contributed by atoms with Crippen LogP contribution in [-0.2, 0) is 12.9 Å². The summed E-state index contributed by atoms with van der Waals surface area (Å²) in [6.07, 6.45) is 2.59. The highest BCUT2D eigenvalue weighted by atomic mass is 35.5. The number of rotatable bonds is 3. The van der Waals surface area contributed by atoms with E-state index in [2.05, 4.69) is 17.0 Å². The summed E-state index contributed by atoms with van der Waals surface area (Å²) < 4.78 is 1.94. The molecule has 0 aromatic carbocycles. The van der Waals surface area contributed by atoms with Crippen molar-refractivity contribution >= 4 is 17.4 Å². The van der Waals surface area contributed by atoms with Gasteiger partial charge in [0.25, 0.3) is 0 Å². The molecule has 0 amide bonds. The summed E-state index contributed by atoms with van der Waals surface area (Å²) in [5.41, 5.74) is 2.22. The van der Waals surface area contributed by atoms with E-state index in [1.165, 1.54) is 24.2 Å². The van der Waals surface area contributed by atoms with Gasteiger partial charge in [0.1, 0.15) is 5.82 Å². The SMILES string of the molecule is Cc1nn(C)c(N(C)C2CC2)c1CCl. The normalized spacial score (nSPS) is 16.0. The number of hydrogen-bond donors (Lipinski definition) is 0. The van der Waals surface area contributed by atoms with E-state index in [1.54, 1.807) is 0 Å². The first-order valence-corrected chi connectivity index (χ1v) is 5.50. The summed E-state index contributed by atoms with van der Waals surface area (Å²) in [4.78, 5) is 2.30. The Hall–Kier alpha value is -0.700. The molecule has 1 aliphatic rings. The van der Waals surface area contributed by atoms with Crippen molar-refractivity contribution in [3.63, 3.8) is 0 Å². The first kappa shape index (κ1) is 9.84. The lowest BCUT2D eigenvalue weighted by molar-refractivity contribution is 0.725. The average molecular weight is 214 g/mol. The summed E-state index contributed by atoms with van der Waals surface area (Å²) in [5, 5.41) is 4.40. The van der Waals surface area contributed by atoms with Gasteiger partial charge in [-0.1, -0.05) is 0 Å². The standard InChI is InChI=1S/C10H16ClN3/c1-7-9(6-11)10(14(3)12-7)13(2)8-4-5-8/h8H,4-6H2,1-3H3. The second-order valence-corrected chi connectivity index (χ2v) is 4.25. The van der Waals surface area contributed by atoms with Crippen LogP contribution < -0.4 is 4.90 Å². The lowest BCUT2D eigenvalue weighted by atomic mass is 10.2. The number of anilines is 1. The number of alkyl halides is 1. The van der Waals surface area contributed by atoms with Crippen molar-refractivity contribution in [1.82, 2.24) is 9.78 Å². The van der Waals surface area contributed by atoms with Gasteiger partial charge in [-0.05, 0) is 19.8 Å². The van der Waals surface area contributed by atoms with E-state index in [0.29, 0.717) is 11.9 Å². The van der Waals surface area contributed by atoms with Crippen molar-refractivity contribution in [2.45, 2.75) is 31.7 Å². The number of aromatic nitrogens is 2. The van der Waals surface area contributed by atoms with Crippen LogP contribution in [0.1, 0.15) is 24.1 Å². The third kappa shape index (κ3) is 1.50. The van der Waals surface area contributed by atoms with Gasteiger partial charge in [-0.15, -0.1) is 11.6 Å². The Morgan fingerprint density at radius 1 is 1.57 bits per heavy atom. The van der Waals surface area contributed by atoms with Gasteiger partial charge in [-0.3, -0.25) is 4.68 Å². The highest BCUT2D eigenvalue weighted by Crippen LogP contribution is 2.33. The highest BCUT2D eigenvalue weighted by molar-refractivity contribution is 6.17. The number of nitrogens with zero attached hydrogens (tertiary/aromatic N) is 3. The molecule has 0 atom stereocenters. The molecule has 2 rings (SSSR count). The fourth-order valence-electron chi connectivity index (χ4n) is 1.92. The molecule has 0 spiro atoms. The average Bonchev–Trinajstić information content (AvgIpc) is 2.91. The minimum atomic E-state index is 0.548. The molecule has 1 aromatic rings. The summed E-state index contributed by atoms with van der Waals surface area (Å²) in [5.74, 6) is 1.73. The first-order valence-electron chi connectivity index (χ1n) is 4.96. The molecular formula is C10H16ClN3. The van der Waals surface area contributed by atoms with E-state index in [-0.39, 0.29) is 0 Å². The molecule has 0 unspecified atom stereocenters. The summed E-state index contributed by atoms with van der Waals surface area (Å²) in [6.45, 7) is 2.02. The van der Waals surface area contributed by atoms with Crippen molar-refractivity contribution < 1.29 is 0 Å². The molecule has 1 saturated carbocycles. The van der Waals surface area contributed by atoms with Gasteiger partial charge in [0.15, 0.2) is 0 Å². The summed E-state index contributed by atoms with van der Waals surface area (Å²) in [7, 11) is 4.11. The van der Waals surface area contributed by atoms with Gasteiger partial charge in [-0.25, -0.2) is 0 Å². The summed E-state index contributed by atoms with van der Waals surface area (Å²) >= 11 is 5.94. The Kier molecular flexibility index (Phi) is 2.43. The molecule has 14 heavy (non-hydrogen) atoms. The minimum absolute atomic E-state index is 0.548. The molecule has 1 heterocycles. The zero-order valence-electron chi connectivity index (χ0n) is 8.92. The van der Waals surface area contributed by atoms with Crippen molar-refractivity contribution in [1.29, 1.82) is 0 Å². The molecule has 1 fully saturated rings. The fraction of sp³-hybridized carbons (Fsp3) is 0.700. The van der Waals surface area contributed by atoms with Crippen LogP contribution in [0.25, 0.3) is 0 Å². The van der Waals surface area contributed by atoms with E-state index in [9.17, 15) is 0 Å². The van der Waals surface area contributed by atoms with Crippen LogP contribution in [0.15, 0.2) is 0 Å². The molecule has 0 radical (unpaired) electrons. The molecule has 0 N–H and O–H groups in total. The Morgan fingerprint density at radius 3 is 2.71 bits per heavy atom. The second-order valence-electron chi connectivity index (χ2n) is 3.99. The van der Waals surface area contributed by atoms with Crippen molar-refractivity contribution in [3.8, 4) is 0 Å². The topological polar surface area (TPSA) is 21.1 Å². The van der Waals surface area contributed by atoms with Crippen LogP contribution in [-0.4, -0.2) is 22.9 Å². The van der Waals surface area contributed by atoms with E-state index < -0.39 is 0 Å². The third-order valence-electron chi connectivity index (χ3n) is 2.88. The smallest absolute Gasteiger partial charge is 0.131 e.